The molecule has 0 bridgehead atoms. The van der Waals surface area contributed by atoms with Gasteiger partial charge in [0, 0.05) is 12.8 Å². The Balaban J connectivity index is 2.46. The molecule has 0 heterocycles. The SMILES string of the molecule is CCCCCC(=O)CC(NC(=O)OCc1ccccc1)C(O)CC. The zero-order valence-corrected chi connectivity index (χ0v) is 14.7. The number of Topliss-reactive ketones (excluding diaryl/α,β-unsaturated/α-hetero) is 1. The normalized spacial score (nSPS) is 13.1. The van der Waals surface area contributed by atoms with Crippen molar-refractivity contribution in [1.82, 2.24) is 5.32 Å². The number of carbonyl (C=O) groups excluding carboxylic acids is 2. The van der Waals surface area contributed by atoms with Crippen LogP contribution in [-0.4, -0.2) is 29.1 Å². The van der Waals surface area contributed by atoms with Crippen molar-refractivity contribution < 1.29 is 19.4 Å². The van der Waals surface area contributed by atoms with Crippen LogP contribution in [0.25, 0.3) is 0 Å². The molecule has 0 aliphatic rings. The van der Waals surface area contributed by atoms with Crippen LogP contribution < -0.4 is 5.32 Å². The fraction of sp³-hybridized carbons (Fsp3) is 0.579. The van der Waals surface area contributed by atoms with Crippen LogP contribution in [0.5, 0.6) is 0 Å². The van der Waals surface area contributed by atoms with Gasteiger partial charge in [-0.15, -0.1) is 0 Å². The van der Waals surface area contributed by atoms with Gasteiger partial charge in [0.25, 0.3) is 0 Å². The summed E-state index contributed by atoms with van der Waals surface area (Å²) in [6.07, 6.45) is 2.63. The van der Waals surface area contributed by atoms with Crippen molar-refractivity contribution in [2.45, 2.75) is 71.1 Å². The summed E-state index contributed by atoms with van der Waals surface area (Å²) in [4.78, 5) is 23.9. The molecule has 1 aromatic carbocycles. The summed E-state index contributed by atoms with van der Waals surface area (Å²) in [6.45, 7) is 4.06. The average Bonchev–Trinajstić information content (AvgIpc) is 2.60. The molecule has 0 spiro atoms. The van der Waals surface area contributed by atoms with E-state index < -0.39 is 18.2 Å². The van der Waals surface area contributed by atoms with Crippen molar-refractivity contribution in [1.29, 1.82) is 0 Å². The molecule has 0 aromatic heterocycles. The zero-order chi connectivity index (χ0) is 17.8. The lowest BCUT2D eigenvalue weighted by Gasteiger charge is -2.22. The molecule has 1 amide bonds. The monoisotopic (exact) mass is 335 g/mol. The lowest BCUT2D eigenvalue weighted by atomic mass is 10.00. The zero-order valence-electron chi connectivity index (χ0n) is 14.7. The summed E-state index contributed by atoms with van der Waals surface area (Å²) in [7, 11) is 0. The first kappa shape index (κ1) is 20.2. The predicted molar refractivity (Wildman–Crippen MR) is 93.6 cm³/mol. The minimum absolute atomic E-state index is 0.0595. The predicted octanol–water partition coefficient (Wildman–Crippen LogP) is 3.59. The maximum Gasteiger partial charge on any atom is 0.407 e. The summed E-state index contributed by atoms with van der Waals surface area (Å²) in [6, 6.07) is 8.75. The molecule has 2 N–H and O–H groups in total. The third kappa shape index (κ3) is 8.11. The Hall–Kier alpha value is -1.88. The summed E-state index contributed by atoms with van der Waals surface area (Å²) < 4.78 is 5.16. The van der Waals surface area contributed by atoms with E-state index in [-0.39, 0.29) is 18.8 Å². The van der Waals surface area contributed by atoms with Gasteiger partial charge >= 0.3 is 6.09 Å². The topological polar surface area (TPSA) is 75.6 Å². The molecule has 0 fully saturated rings. The standard InChI is InChI=1S/C19H29NO4/c1-3-5-7-12-16(21)13-17(18(22)4-2)20-19(23)24-14-15-10-8-6-9-11-15/h6,8-11,17-18,22H,3-5,7,12-14H2,1-2H3,(H,20,23). The average molecular weight is 335 g/mol. The van der Waals surface area contributed by atoms with E-state index in [1.54, 1.807) is 0 Å². The smallest absolute Gasteiger partial charge is 0.407 e. The largest absolute Gasteiger partial charge is 0.445 e. The first-order valence-electron chi connectivity index (χ1n) is 8.73. The fourth-order valence-corrected chi connectivity index (χ4v) is 2.40. The highest BCUT2D eigenvalue weighted by Gasteiger charge is 2.23. The Morgan fingerprint density at radius 2 is 1.88 bits per heavy atom. The van der Waals surface area contributed by atoms with Gasteiger partial charge in [-0.3, -0.25) is 4.79 Å². The van der Waals surface area contributed by atoms with Gasteiger partial charge in [-0.25, -0.2) is 4.79 Å². The molecule has 0 radical (unpaired) electrons. The Labute approximate surface area is 144 Å². The van der Waals surface area contributed by atoms with E-state index in [0.29, 0.717) is 12.8 Å². The van der Waals surface area contributed by atoms with Crippen LogP contribution in [0.2, 0.25) is 0 Å². The van der Waals surface area contributed by atoms with Crippen LogP contribution in [0.3, 0.4) is 0 Å². The number of hydrogen-bond acceptors (Lipinski definition) is 4. The minimum Gasteiger partial charge on any atom is -0.445 e. The number of ether oxygens (including phenoxy) is 1. The highest BCUT2D eigenvalue weighted by molar-refractivity contribution is 5.80. The molecule has 5 heteroatoms. The van der Waals surface area contributed by atoms with Crippen molar-refractivity contribution in [3.05, 3.63) is 35.9 Å². The number of nitrogens with one attached hydrogen (secondary N) is 1. The molecule has 134 valence electrons. The quantitative estimate of drug-likeness (QED) is 0.606. The third-order valence-electron chi connectivity index (χ3n) is 3.91. The number of unbranched alkanes of at least 4 members (excludes halogenated alkanes) is 2. The van der Waals surface area contributed by atoms with Crippen LogP contribution in [0.15, 0.2) is 30.3 Å². The number of amides is 1. The number of aliphatic hydroxyl groups is 1. The van der Waals surface area contributed by atoms with Crippen molar-refractivity contribution in [2.75, 3.05) is 0 Å². The maximum atomic E-state index is 12.0. The second kappa shape index (κ2) is 11.6. The van der Waals surface area contributed by atoms with Crippen LogP contribution in [0.4, 0.5) is 4.79 Å². The highest BCUT2D eigenvalue weighted by Crippen LogP contribution is 2.09. The van der Waals surface area contributed by atoms with Gasteiger partial charge in [-0.05, 0) is 18.4 Å². The van der Waals surface area contributed by atoms with Crippen molar-refractivity contribution in [3.8, 4) is 0 Å². The molecule has 24 heavy (non-hydrogen) atoms. The number of carbonyl (C=O) groups is 2. The molecular weight excluding hydrogens is 306 g/mol. The summed E-state index contributed by atoms with van der Waals surface area (Å²) >= 11 is 0. The molecule has 2 unspecified atom stereocenters. The Morgan fingerprint density at radius 1 is 1.17 bits per heavy atom. The van der Waals surface area contributed by atoms with Crippen LogP contribution in [0.1, 0.15) is 57.9 Å². The Kier molecular flexibility index (Phi) is 9.77. The Morgan fingerprint density at radius 3 is 2.50 bits per heavy atom. The summed E-state index contributed by atoms with van der Waals surface area (Å²) in [5.74, 6) is 0.0595. The second-order valence-corrected chi connectivity index (χ2v) is 5.99. The van der Waals surface area contributed by atoms with Crippen molar-refractivity contribution in [3.63, 3.8) is 0 Å². The third-order valence-corrected chi connectivity index (χ3v) is 3.91. The first-order chi connectivity index (χ1) is 11.6. The van der Waals surface area contributed by atoms with E-state index in [1.165, 1.54) is 0 Å². The van der Waals surface area contributed by atoms with Gasteiger partial charge in [0.15, 0.2) is 0 Å². The maximum absolute atomic E-state index is 12.0. The van der Waals surface area contributed by atoms with Crippen LogP contribution in [-0.2, 0) is 16.1 Å². The lowest BCUT2D eigenvalue weighted by Crippen LogP contribution is -2.44. The number of aliphatic hydroxyl groups excluding tert-OH is 1. The van der Waals surface area contributed by atoms with Gasteiger partial charge < -0.3 is 15.2 Å². The van der Waals surface area contributed by atoms with Gasteiger partial charge in [0.1, 0.15) is 12.4 Å². The minimum atomic E-state index is -0.760. The first-order valence-corrected chi connectivity index (χ1v) is 8.73. The van der Waals surface area contributed by atoms with Gasteiger partial charge in [-0.1, -0.05) is 57.0 Å². The van der Waals surface area contributed by atoms with Gasteiger partial charge in [0.2, 0.25) is 0 Å². The number of benzene rings is 1. The molecule has 0 saturated heterocycles. The van der Waals surface area contributed by atoms with Gasteiger partial charge in [0.05, 0.1) is 12.1 Å². The van der Waals surface area contributed by atoms with E-state index in [9.17, 15) is 14.7 Å². The molecular formula is C19H29NO4. The summed E-state index contributed by atoms with van der Waals surface area (Å²) in [5, 5.41) is 12.7. The number of ketones is 1. The number of rotatable bonds is 11. The molecule has 1 aromatic rings. The van der Waals surface area contributed by atoms with Crippen molar-refractivity contribution in [2.24, 2.45) is 0 Å². The molecule has 0 aliphatic carbocycles. The van der Waals surface area contributed by atoms with Crippen molar-refractivity contribution >= 4 is 11.9 Å². The van der Waals surface area contributed by atoms with E-state index in [1.807, 2.05) is 37.3 Å². The second-order valence-electron chi connectivity index (χ2n) is 5.99. The molecule has 5 nitrogen and oxygen atoms in total. The van der Waals surface area contributed by atoms with Crippen LogP contribution >= 0.6 is 0 Å². The number of hydrogen-bond donors (Lipinski definition) is 2. The van der Waals surface area contributed by atoms with E-state index in [0.717, 1.165) is 24.8 Å². The van der Waals surface area contributed by atoms with E-state index >= 15 is 0 Å². The highest BCUT2D eigenvalue weighted by atomic mass is 16.5. The van der Waals surface area contributed by atoms with Gasteiger partial charge in [-0.2, -0.15) is 0 Å². The molecule has 1 rings (SSSR count). The van der Waals surface area contributed by atoms with Crippen LogP contribution in [0, 0.1) is 0 Å². The molecule has 0 saturated carbocycles. The summed E-state index contributed by atoms with van der Waals surface area (Å²) in [5.41, 5.74) is 0.885. The fourth-order valence-electron chi connectivity index (χ4n) is 2.40. The molecule has 2 atom stereocenters. The Bertz CT molecular complexity index is 489. The number of alkyl carbamates (subject to hydrolysis) is 1. The van der Waals surface area contributed by atoms with E-state index in [2.05, 4.69) is 12.2 Å². The lowest BCUT2D eigenvalue weighted by molar-refractivity contribution is -0.120. The van der Waals surface area contributed by atoms with E-state index in [4.69, 9.17) is 4.74 Å². The molecule has 0 aliphatic heterocycles.